The molecule has 4 aromatic rings. The third-order valence-corrected chi connectivity index (χ3v) is 10.1. The van der Waals surface area contributed by atoms with Crippen LogP contribution in [0.15, 0.2) is 29.4 Å². The van der Waals surface area contributed by atoms with E-state index in [0.29, 0.717) is 47.9 Å². The lowest BCUT2D eigenvalue weighted by Crippen LogP contribution is -2.41. The number of ether oxygens (including phenoxy) is 1. The number of benzene rings is 1. The SMILES string of the molecule is CC1(NS(=O)(=O)c2ccc3c4c(C5CCN(C(=O)OC(C)(C)C)CC5)ncnc4n(-c4nnc(C(F)F)s4)c3c2)CC1. The highest BCUT2D eigenvalue weighted by atomic mass is 32.2. The maximum absolute atomic E-state index is 13.5. The molecule has 1 aromatic carbocycles. The van der Waals surface area contributed by atoms with Gasteiger partial charge in [-0.3, -0.25) is 4.57 Å². The molecule has 1 aliphatic heterocycles. The van der Waals surface area contributed by atoms with Crippen molar-refractivity contribution in [3.8, 4) is 5.13 Å². The van der Waals surface area contributed by atoms with Crippen molar-refractivity contribution < 1.29 is 26.7 Å². The van der Waals surface area contributed by atoms with E-state index in [1.807, 2.05) is 27.7 Å². The van der Waals surface area contributed by atoms with E-state index in [-0.39, 0.29) is 22.0 Å². The third kappa shape index (κ3) is 5.44. The number of aromatic nitrogens is 5. The van der Waals surface area contributed by atoms with E-state index in [1.165, 1.54) is 18.5 Å². The number of amides is 1. The number of halogens is 2. The molecule has 6 rings (SSSR count). The van der Waals surface area contributed by atoms with Crippen molar-refractivity contribution in [2.75, 3.05) is 13.1 Å². The van der Waals surface area contributed by atoms with Gasteiger partial charge in [0.25, 0.3) is 6.43 Å². The minimum absolute atomic E-state index is 0.0285. The predicted octanol–water partition coefficient (Wildman–Crippen LogP) is 5.31. The molecule has 0 spiro atoms. The fourth-order valence-corrected chi connectivity index (χ4v) is 7.45. The van der Waals surface area contributed by atoms with Gasteiger partial charge in [-0.15, -0.1) is 10.2 Å². The number of nitrogens with one attached hydrogen (secondary N) is 1. The van der Waals surface area contributed by atoms with E-state index >= 15 is 0 Å². The number of nitrogens with zero attached hydrogens (tertiary/aromatic N) is 6. The maximum atomic E-state index is 13.5. The Bertz CT molecular complexity index is 1790. The molecule has 2 aliphatic rings. The van der Waals surface area contributed by atoms with Crippen LogP contribution in [0.3, 0.4) is 0 Å². The van der Waals surface area contributed by atoms with E-state index in [2.05, 4.69) is 24.9 Å². The van der Waals surface area contributed by atoms with E-state index in [0.717, 1.165) is 29.9 Å². The number of piperidine rings is 1. The summed E-state index contributed by atoms with van der Waals surface area (Å²) in [4.78, 5) is 23.5. The Kier molecular flexibility index (Phi) is 6.97. The fraction of sp³-hybridized carbons (Fsp3) is 0.519. The lowest BCUT2D eigenvalue weighted by Gasteiger charge is -2.33. The van der Waals surface area contributed by atoms with Gasteiger partial charge < -0.3 is 9.64 Å². The summed E-state index contributed by atoms with van der Waals surface area (Å²) in [5, 5.41) is 8.71. The van der Waals surface area contributed by atoms with E-state index < -0.39 is 32.6 Å². The van der Waals surface area contributed by atoms with Crippen LogP contribution in [0.1, 0.15) is 76.4 Å². The number of sulfonamides is 1. The van der Waals surface area contributed by atoms with Crippen LogP contribution in [0.5, 0.6) is 0 Å². The highest BCUT2D eigenvalue weighted by Crippen LogP contribution is 2.41. The van der Waals surface area contributed by atoms with Gasteiger partial charge in [-0.2, -0.15) is 0 Å². The van der Waals surface area contributed by atoms with Gasteiger partial charge in [-0.1, -0.05) is 17.4 Å². The number of hydrogen-bond donors (Lipinski definition) is 1. The van der Waals surface area contributed by atoms with Crippen LogP contribution in [0.25, 0.3) is 27.1 Å². The van der Waals surface area contributed by atoms with Gasteiger partial charge in [0.1, 0.15) is 11.9 Å². The summed E-state index contributed by atoms with van der Waals surface area (Å²) < 4.78 is 63.3. The van der Waals surface area contributed by atoms with Crippen LogP contribution < -0.4 is 4.72 Å². The van der Waals surface area contributed by atoms with Gasteiger partial charge >= 0.3 is 6.09 Å². The normalized spacial score (nSPS) is 17.8. The molecule has 0 unspecified atom stereocenters. The number of carbonyl (C=O) groups is 1. The Morgan fingerprint density at radius 3 is 2.50 bits per heavy atom. The number of hydrogen-bond acceptors (Lipinski definition) is 9. The average molecular weight is 620 g/mol. The molecule has 15 heteroatoms. The molecule has 1 saturated carbocycles. The lowest BCUT2D eigenvalue weighted by molar-refractivity contribution is 0.0204. The Morgan fingerprint density at radius 2 is 1.88 bits per heavy atom. The maximum Gasteiger partial charge on any atom is 0.410 e. The molecule has 4 heterocycles. The van der Waals surface area contributed by atoms with Gasteiger partial charge in [0.15, 0.2) is 10.7 Å². The van der Waals surface area contributed by atoms with E-state index in [4.69, 9.17) is 4.74 Å². The second-order valence-corrected chi connectivity index (χ2v) is 14.8. The molecule has 0 bridgehead atoms. The molecule has 1 amide bonds. The molecule has 1 saturated heterocycles. The van der Waals surface area contributed by atoms with Crippen LogP contribution in [-0.2, 0) is 14.8 Å². The van der Waals surface area contributed by atoms with Gasteiger partial charge in [0.05, 0.1) is 16.1 Å². The quantitative estimate of drug-likeness (QED) is 0.307. The zero-order valence-corrected chi connectivity index (χ0v) is 25.2. The zero-order chi connectivity index (χ0) is 30.0. The Labute approximate surface area is 245 Å². The lowest BCUT2D eigenvalue weighted by atomic mass is 9.91. The number of alkyl halides is 2. The van der Waals surface area contributed by atoms with Gasteiger partial charge in [-0.25, -0.2) is 36.7 Å². The number of carbonyl (C=O) groups excluding carboxylic acids is 1. The molecule has 11 nitrogen and oxygen atoms in total. The summed E-state index contributed by atoms with van der Waals surface area (Å²) >= 11 is 0.718. The second kappa shape index (κ2) is 10.2. The molecule has 2 fully saturated rings. The number of rotatable bonds is 6. The minimum Gasteiger partial charge on any atom is -0.444 e. The molecule has 224 valence electrons. The first-order chi connectivity index (χ1) is 19.7. The molecule has 3 aromatic heterocycles. The van der Waals surface area contributed by atoms with Crippen molar-refractivity contribution in [3.63, 3.8) is 0 Å². The zero-order valence-electron chi connectivity index (χ0n) is 23.6. The largest absolute Gasteiger partial charge is 0.444 e. The summed E-state index contributed by atoms with van der Waals surface area (Å²) in [7, 11) is -3.85. The van der Waals surface area contributed by atoms with Crippen LogP contribution in [-0.4, -0.2) is 68.4 Å². The van der Waals surface area contributed by atoms with Crippen LogP contribution in [0, 0.1) is 0 Å². The van der Waals surface area contributed by atoms with Crippen LogP contribution >= 0.6 is 11.3 Å². The summed E-state index contributed by atoms with van der Waals surface area (Å²) in [5.41, 5.74) is 0.530. The molecule has 42 heavy (non-hydrogen) atoms. The number of fused-ring (bicyclic) bond motifs is 3. The molecular formula is C27H31F2N7O4S2. The van der Waals surface area contributed by atoms with Gasteiger partial charge in [0.2, 0.25) is 15.2 Å². The average Bonchev–Trinajstić information content (AvgIpc) is 3.31. The number of likely N-dealkylation sites (tertiary alicyclic amines) is 1. The van der Waals surface area contributed by atoms with Crippen molar-refractivity contribution >= 4 is 49.4 Å². The van der Waals surface area contributed by atoms with Crippen molar-refractivity contribution in [3.05, 3.63) is 35.2 Å². The van der Waals surface area contributed by atoms with Gasteiger partial charge in [0, 0.05) is 35.3 Å². The first kappa shape index (κ1) is 28.8. The summed E-state index contributed by atoms with van der Waals surface area (Å²) in [6.45, 7) is 8.28. The predicted molar refractivity (Wildman–Crippen MR) is 153 cm³/mol. The third-order valence-electron chi connectivity index (χ3n) is 7.58. The van der Waals surface area contributed by atoms with E-state index in [1.54, 1.807) is 15.5 Å². The van der Waals surface area contributed by atoms with Gasteiger partial charge in [-0.05, 0) is 65.5 Å². The van der Waals surface area contributed by atoms with Crippen molar-refractivity contribution in [1.29, 1.82) is 0 Å². The first-order valence-electron chi connectivity index (χ1n) is 13.7. The summed E-state index contributed by atoms with van der Waals surface area (Å²) in [5.74, 6) is -0.0285. The Morgan fingerprint density at radius 1 is 1.17 bits per heavy atom. The van der Waals surface area contributed by atoms with Crippen molar-refractivity contribution in [2.45, 2.75) is 81.8 Å². The highest BCUT2D eigenvalue weighted by Gasteiger charge is 2.41. The standard InChI is InChI=1S/C27H31F2N7O4S2/c1-26(2,3)40-25(37)35-11-7-15(8-12-35)20-19-17-6-5-16(42(38,39)34-27(4)9-10-27)13-18(17)36(22(19)31-14-30-20)24-33-32-23(41-24)21(28)29/h5-6,13-15,21,34H,7-12H2,1-4H3. The molecule has 0 atom stereocenters. The molecule has 1 aliphatic carbocycles. The Hall–Kier alpha value is -3.30. The van der Waals surface area contributed by atoms with Crippen LogP contribution in [0.2, 0.25) is 0 Å². The molecule has 1 N–H and O–H groups in total. The monoisotopic (exact) mass is 619 g/mol. The fourth-order valence-electron chi connectivity index (χ4n) is 5.25. The van der Waals surface area contributed by atoms with Crippen molar-refractivity contribution in [2.24, 2.45) is 0 Å². The molecule has 0 radical (unpaired) electrons. The Balaban J connectivity index is 1.44. The van der Waals surface area contributed by atoms with Crippen molar-refractivity contribution in [1.82, 2.24) is 34.4 Å². The first-order valence-corrected chi connectivity index (χ1v) is 16.0. The van der Waals surface area contributed by atoms with E-state index in [9.17, 15) is 22.0 Å². The summed E-state index contributed by atoms with van der Waals surface area (Å²) in [6, 6.07) is 4.76. The second-order valence-electron chi connectivity index (χ2n) is 12.1. The topological polar surface area (TPSA) is 132 Å². The molecular weight excluding hydrogens is 588 g/mol. The summed E-state index contributed by atoms with van der Waals surface area (Å²) in [6.07, 6.45) is 1.00. The minimum atomic E-state index is -3.85. The smallest absolute Gasteiger partial charge is 0.410 e. The highest BCUT2D eigenvalue weighted by molar-refractivity contribution is 7.89. The van der Waals surface area contributed by atoms with Crippen LogP contribution in [0.4, 0.5) is 13.6 Å².